The van der Waals surface area contributed by atoms with Gasteiger partial charge in [-0.25, -0.2) is 19.4 Å². The molecule has 2 atom stereocenters. The maximum Gasteiger partial charge on any atom is 0.411 e. The van der Waals surface area contributed by atoms with E-state index in [0.29, 0.717) is 11.5 Å². The Balaban J connectivity index is 1.49. The van der Waals surface area contributed by atoms with Crippen molar-refractivity contribution in [3.63, 3.8) is 0 Å². The Labute approximate surface area is 191 Å². The third-order valence-electron chi connectivity index (χ3n) is 5.98. The van der Waals surface area contributed by atoms with E-state index in [4.69, 9.17) is 24.5 Å². The summed E-state index contributed by atoms with van der Waals surface area (Å²) in [4.78, 5) is 23.9. The van der Waals surface area contributed by atoms with Gasteiger partial charge in [0.25, 0.3) is 0 Å². The van der Waals surface area contributed by atoms with E-state index in [9.17, 15) is 4.79 Å². The highest BCUT2D eigenvalue weighted by Crippen LogP contribution is 2.34. The normalized spacial score (nSPS) is 19.9. The molecule has 0 spiro atoms. The number of nitrogens with zero attached hydrogens (tertiary/aromatic N) is 5. The molecule has 1 aromatic carbocycles. The summed E-state index contributed by atoms with van der Waals surface area (Å²) in [6.45, 7) is 5.53. The number of hydrogen-bond donors (Lipinski definition) is 2. The third-order valence-corrected chi connectivity index (χ3v) is 5.98. The minimum atomic E-state index is -0.612. The highest BCUT2D eigenvalue weighted by molar-refractivity contribution is 5.89. The maximum atomic E-state index is 11.7. The molecule has 3 aromatic rings. The molecule has 10 heteroatoms. The molecule has 0 radical (unpaired) electrons. The van der Waals surface area contributed by atoms with E-state index in [1.165, 1.54) is 0 Å². The molecular weight excluding hydrogens is 424 g/mol. The second-order valence-corrected chi connectivity index (χ2v) is 8.72. The predicted octanol–water partition coefficient (Wildman–Crippen LogP) is 2.98. The van der Waals surface area contributed by atoms with Gasteiger partial charge in [0.2, 0.25) is 0 Å². The number of aromatic nitrogens is 4. The molecule has 1 amide bonds. The van der Waals surface area contributed by atoms with Crippen LogP contribution in [-0.4, -0.2) is 69.5 Å². The number of morpholine rings is 1. The number of ether oxygens (including phenoxy) is 2. The molecule has 0 aliphatic carbocycles. The number of fused-ring (bicyclic) bond motifs is 3. The number of rotatable bonds is 6. The number of aliphatic hydroxyl groups is 1. The first kappa shape index (κ1) is 21.6. The van der Waals surface area contributed by atoms with Gasteiger partial charge in [0.05, 0.1) is 30.4 Å². The number of aliphatic hydroxyl groups excluding tert-OH is 1. The number of anilines is 2. The highest BCUT2D eigenvalue weighted by atomic mass is 16.6. The van der Waals surface area contributed by atoms with E-state index in [0.717, 1.165) is 48.3 Å². The lowest BCUT2D eigenvalue weighted by molar-refractivity contribution is 0.0303. The van der Waals surface area contributed by atoms with Crippen LogP contribution in [0.1, 0.15) is 32.7 Å². The monoisotopic (exact) mass is 452 g/mol. The molecule has 4 heterocycles. The van der Waals surface area contributed by atoms with E-state index in [1.807, 2.05) is 23.0 Å². The zero-order valence-electron chi connectivity index (χ0n) is 18.8. The van der Waals surface area contributed by atoms with Crippen LogP contribution in [0.2, 0.25) is 0 Å². The van der Waals surface area contributed by atoms with Crippen molar-refractivity contribution in [3.05, 3.63) is 30.5 Å². The summed E-state index contributed by atoms with van der Waals surface area (Å²) >= 11 is 0. The van der Waals surface area contributed by atoms with E-state index in [-0.39, 0.29) is 31.5 Å². The second-order valence-electron chi connectivity index (χ2n) is 8.72. The van der Waals surface area contributed by atoms with Crippen molar-refractivity contribution in [2.75, 3.05) is 36.5 Å². The van der Waals surface area contributed by atoms with Crippen molar-refractivity contribution >= 4 is 28.6 Å². The zero-order valence-corrected chi connectivity index (χ0v) is 18.8. The van der Waals surface area contributed by atoms with E-state index in [1.54, 1.807) is 12.1 Å². The molecule has 2 saturated heterocycles. The quantitative estimate of drug-likeness (QED) is 0.587. The molecule has 0 saturated carbocycles. The Hall–Kier alpha value is -3.24. The number of nitrogens with one attached hydrogen (secondary N) is 1. The van der Waals surface area contributed by atoms with Gasteiger partial charge in [-0.3, -0.25) is 5.32 Å². The van der Waals surface area contributed by atoms with Crippen molar-refractivity contribution in [2.24, 2.45) is 0 Å². The van der Waals surface area contributed by atoms with Crippen molar-refractivity contribution in [3.8, 4) is 11.4 Å². The molecule has 2 unspecified atom stereocenters. The van der Waals surface area contributed by atoms with E-state index < -0.39 is 6.09 Å². The van der Waals surface area contributed by atoms with Crippen LogP contribution in [0.3, 0.4) is 0 Å². The zero-order chi connectivity index (χ0) is 22.9. The SMILES string of the molecule is CC(C)n1ncc2c(N3CC4CCC(C3)O4)nc(-c3ccc(NC(=O)OCCO)cc3)nc21. The van der Waals surface area contributed by atoms with Crippen LogP contribution >= 0.6 is 0 Å². The van der Waals surface area contributed by atoms with Gasteiger partial charge in [-0.15, -0.1) is 0 Å². The van der Waals surface area contributed by atoms with E-state index in [2.05, 4.69) is 29.2 Å². The summed E-state index contributed by atoms with van der Waals surface area (Å²) in [5.41, 5.74) is 2.22. The first-order chi connectivity index (χ1) is 16.0. The summed E-state index contributed by atoms with van der Waals surface area (Å²) in [5, 5.41) is 16.9. The van der Waals surface area contributed by atoms with Crippen LogP contribution < -0.4 is 10.2 Å². The summed E-state index contributed by atoms with van der Waals surface area (Å²) < 4.78 is 12.8. The number of carbonyl (C=O) groups is 1. The van der Waals surface area contributed by atoms with Gasteiger partial charge in [0.1, 0.15) is 12.4 Å². The fourth-order valence-corrected chi connectivity index (χ4v) is 4.44. The molecule has 2 aliphatic heterocycles. The molecule has 33 heavy (non-hydrogen) atoms. The first-order valence-electron chi connectivity index (χ1n) is 11.3. The van der Waals surface area contributed by atoms with Crippen molar-refractivity contribution in [1.82, 2.24) is 19.7 Å². The van der Waals surface area contributed by atoms with Gasteiger partial charge in [0.15, 0.2) is 11.5 Å². The average molecular weight is 453 g/mol. The Morgan fingerprint density at radius 3 is 2.61 bits per heavy atom. The fourth-order valence-electron chi connectivity index (χ4n) is 4.44. The summed E-state index contributed by atoms with van der Waals surface area (Å²) in [6, 6.07) is 7.45. The van der Waals surface area contributed by atoms with Crippen LogP contribution in [0.25, 0.3) is 22.4 Å². The molecule has 2 bridgehead atoms. The molecule has 2 N–H and O–H groups in total. The van der Waals surface area contributed by atoms with Crippen LogP contribution in [0.4, 0.5) is 16.3 Å². The van der Waals surface area contributed by atoms with Crippen LogP contribution in [0, 0.1) is 0 Å². The van der Waals surface area contributed by atoms with Gasteiger partial charge >= 0.3 is 6.09 Å². The maximum absolute atomic E-state index is 11.7. The first-order valence-corrected chi connectivity index (χ1v) is 11.3. The second kappa shape index (κ2) is 8.95. The highest BCUT2D eigenvalue weighted by Gasteiger charge is 2.35. The fraction of sp³-hybridized carbons (Fsp3) is 0.478. The number of hydrogen-bond acceptors (Lipinski definition) is 8. The van der Waals surface area contributed by atoms with Gasteiger partial charge in [-0.2, -0.15) is 5.10 Å². The Bertz CT molecular complexity index is 1130. The summed E-state index contributed by atoms with van der Waals surface area (Å²) in [5.74, 6) is 1.49. The van der Waals surface area contributed by atoms with Crippen LogP contribution in [0.5, 0.6) is 0 Å². The number of benzene rings is 1. The van der Waals surface area contributed by atoms with Gasteiger partial charge < -0.3 is 19.5 Å². The largest absolute Gasteiger partial charge is 0.447 e. The molecule has 2 fully saturated rings. The van der Waals surface area contributed by atoms with Crippen molar-refractivity contribution < 1.29 is 19.4 Å². The topological polar surface area (TPSA) is 115 Å². The standard InChI is InChI=1S/C23H28N6O4/c1-14(2)29-22-19(11-24-29)21(28-12-17-7-8-18(13-28)33-17)26-20(27-22)15-3-5-16(6-4-15)25-23(31)32-10-9-30/h3-6,11,14,17-18,30H,7-10,12-13H2,1-2H3,(H,25,31). The van der Waals surface area contributed by atoms with E-state index >= 15 is 0 Å². The molecule has 5 rings (SSSR count). The lowest BCUT2D eigenvalue weighted by Gasteiger charge is -2.33. The Morgan fingerprint density at radius 1 is 1.21 bits per heavy atom. The molecule has 10 nitrogen and oxygen atoms in total. The van der Waals surface area contributed by atoms with Gasteiger partial charge in [0, 0.05) is 30.4 Å². The number of amides is 1. The van der Waals surface area contributed by atoms with Crippen LogP contribution in [-0.2, 0) is 9.47 Å². The lowest BCUT2D eigenvalue weighted by Crippen LogP contribution is -2.43. The van der Waals surface area contributed by atoms with Gasteiger partial charge in [-0.1, -0.05) is 0 Å². The molecular formula is C23H28N6O4. The van der Waals surface area contributed by atoms with Crippen molar-refractivity contribution in [1.29, 1.82) is 0 Å². The lowest BCUT2D eigenvalue weighted by atomic mass is 10.2. The Morgan fingerprint density at radius 2 is 1.94 bits per heavy atom. The average Bonchev–Trinajstić information content (AvgIpc) is 3.40. The van der Waals surface area contributed by atoms with Gasteiger partial charge in [-0.05, 0) is 51.0 Å². The Kier molecular flexibility index (Phi) is 5.86. The van der Waals surface area contributed by atoms with Crippen LogP contribution in [0.15, 0.2) is 30.5 Å². The number of carbonyl (C=O) groups excluding carboxylic acids is 1. The minimum Gasteiger partial charge on any atom is -0.447 e. The minimum absolute atomic E-state index is 0.0483. The summed E-state index contributed by atoms with van der Waals surface area (Å²) in [6.07, 6.45) is 3.91. The molecule has 2 aliphatic rings. The smallest absolute Gasteiger partial charge is 0.411 e. The molecule has 174 valence electrons. The molecule has 2 aromatic heterocycles. The summed E-state index contributed by atoms with van der Waals surface area (Å²) in [7, 11) is 0. The van der Waals surface area contributed by atoms with Crippen molar-refractivity contribution in [2.45, 2.75) is 44.9 Å². The predicted molar refractivity (Wildman–Crippen MR) is 123 cm³/mol. The third kappa shape index (κ3) is 4.36.